The van der Waals surface area contributed by atoms with Crippen molar-refractivity contribution in [3.05, 3.63) is 52.1 Å². The summed E-state index contributed by atoms with van der Waals surface area (Å²) >= 11 is 0. The second kappa shape index (κ2) is 8.23. The molecule has 5 rings (SSSR count). The van der Waals surface area contributed by atoms with Crippen molar-refractivity contribution in [1.29, 1.82) is 0 Å². The molecule has 1 atom stereocenters. The van der Waals surface area contributed by atoms with Gasteiger partial charge in [-0.25, -0.2) is 9.50 Å². The zero-order valence-corrected chi connectivity index (χ0v) is 18.5. The number of aromatic nitrogens is 5. The van der Waals surface area contributed by atoms with E-state index >= 15 is 0 Å². The first-order chi connectivity index (χ1) is 15.6. The molecule has 1 fully saturated rings. The highest BCUT2D eigenvalue weighted by Crippen LogP contribution is 2.30. The first-order valence-electron chi connectivity index (χ1n) is 10.8. The highest BCUT2D eigenvalue weighted by Gasteiger charge is 2.28. The summed E-state index contributed by atoms with van der Waals surface area (Å²) in [5.41, 5.74) is 3.93. The van der Waals surface area contributed by atoms with E-state index in [9.17, 15) is 4.79 Å². The van der Waals surface area contributed by atoms with Crippen molar-refractivity contribution in [3.63, 3.8) is 0 Å². The second-order valence-electron chi connectivity index (χ2n) is 8.20. The number of benzene rings is 1. The average Bonchev–Trinajstić information content (AvgIpc) is 3.40. The molecule has 1 aliphatic heterocycles. The van der Waals surface area contributed by atoms with Crippen molar-refractivity contribution in [1.82, 2.24) is 24.8 Å². The van der Waals surface area contributed by atoms with E-state index < -0.39 is 0 Å². The van der Waals surface area contributed by atoms with E-state index in [0.29, 0.717) is 29.5 Å². The van der Waals surface area contributed by atoms with Gasteiger partial charge in [0.25, 0.3) is 11.4 Å². The number of piperidine rings is 1. The average molecular weight is 435 g/mol. The van der Waals surface area contributed by atoms with Crippen LogP contribution in [0.1, 0.15) is 30.7 Å². The number of fused-ring (bicyclic) bond motifs is 1. The standard InChI is InChI=1S/C23H26N6O3/c1-14-19(21-25-26-23(32-21)28-12-8-7-11-17(28)13-31-3)22(30)29-20(24-14)18(15(2)27-29)16-9-5-4-6-10-16/h4-6,9-10,17,27H,7-8,11-13H2,1-3H3. The van der Waals surface area contributed by atoms with E-state index in [0.717, 1.165) is 42.6 Å². The van der Waals surface area contributed by atoms with Crippen LogP contribution < -0.4 is 10.5 Å². The molecular formula is C23H26N6O3. The van der Waals surface area contributed by atoms with Gasteiger partial charge in [-0.15, -0.1) is 5.10 Å². The number of nitrogens with one attached hydrogen (secondary N) is 1. The Morgan fingerprint density at radius 2 is 1.97 bits per heavy atom. The zero-order chi connectivity index (χ0) is 22.2. The maximum atomic E-state index is 13.4. The van der Waals surface area contributed by atoms with Gasteiger partial charge in [-0.1, -0.05) is 35.4 Å². The molecule has 32 heavy (non-hydrogen) atoms. The Bertz CT molecular complexity index is 1300. The number of methoxy groups -OCH3 is 1. The Morgan fingerprint density at radius 1 is 1.16 bits per heavy atom. The fourth-order valence-electron chi connectivity index (χ4n) is 4.54. The summed E-state index contributed by atoms with van der Waals surface area (Å²) in [5, 5.41) is 11.6. The zero-order valence-electron chi connectivity index (χ0n) is 18.5. The van der Waals surface area contributed by atoms with Gasteiger partial charge in [-0.05, 0) is 38.7 Å². The summed E-state index contributed by atoms with van der Waals surface area (Å²) in [6.45, 7) is 5.15. The minimum absolute atomic E-state index is 0.180. The molecule has 1 unspecified atom stereocenters. The molecule has 9 heteroatoms. The lowest BCUT2D eigenvalue weighted by atomic mass is 10.0. The fraction of sp³-hybridized carbons (Fsp3) is 0.391. The van der Waals surface area contributed by atoms with Crippen molar-refractivity contribution >= 4 is 11.7 Å². The molecule has 0 spiro atoms. The number of anilines is 1. The molecule has 1 N–H and O–H groups in total. The van der Waals surface area contributed by atoms with Crippen LogP contribution in [0, 0.1) is 13.8 Å². The van der Waals surface area contributed by atoms with E-state index in [4.69, 9.17) is 14.1 Å². The first kappa shape index (κ1) is 20.4. The quantitative estimate of drug-likeness (QED) is 0.514. The largest absolute Gasteiger partial charge is 0.403 e. The van der Waals surface area contributed by atoms with Crippen LogP contribution in [0.15, 0.2) is 39.5 Å². The first-order valence-corrected chi connectivity index (χ1v) is 10.8. The SMILES string of the molecule is COCC1CCCCN1c1nnc(-c2c(C)nc3c(-c4ccccc4)c(C)[nH]n3c2=O)o1. The number of rotatable bonds is 5. The van der Waals surface area contributed by atoms with Gasteiger partial charge in [0.2, 0.25) is 0 Å². The third kappa shape index (κ3) is 3.38. The molecule has 1 aromatic carbocycles. The van der Waals surface area contributed by atoms with Gasteiger partial charge >= 0.3 is 6.01 Å². The Morgan fingerprint density at radius 3 is 2.75 bits per heavy atom. The lowest BCUT2D eigenvalue weighted by molar-refractivity contribution is 0.164. The number of hydrogen-bond acceptors (Lipinski definition) is 7. The van der Waals surface area contributed by atoms with Gasteiger partial charge in [0.1, 0.15) is 5.56 Å². The number of aryl methyl sites for hydroxylation is 2. The second-order valence-corrected chi connectivity index (χ2v) is 8.20. The summed E-state index contributed by atoms with van der Waals surface area (Å²) < 4.78 is 12.8. The van der Waals surface area contributed by atoms with Crippen molar-refractivity contribution in [3.8, 4) is 22.6 Å². The highest BCUT2D eigenvalue weighted by molar-refractivity contribution is 5.80. The fourth-order valence-corrected chi connectivity index (χ4v) is 4.54. The smallest absolute Gasteiger partial charge is 0.318 e. The van der Waals surface area contributed by atoms with Crippen LogP contribution in [0.2, 0.25) is 0 Å². The molecular weight excluding hydrogens is 408 g/mol. The van der Waals surface area contributed by atoms with Gasteiger partial charge in [-0.3, -0.25) is 9.89 Å². The lowest BCUT2D eigenvalue weighted by Gasteiger charge is -2.33. The summed E-state index contributed by atoms with van der Waals surface area (Å²) in [7, 11) is 1.69. The van der Waals surface area contributed by atoms with E-state index in [1.165, 1.54) is 4.52 Å². The molecule has 3 aromatic heterocycles. The van der Waals surface area contributed by atoms with Crippen molar-refractivity contribution in [2.75, 3.05) is 25.2 Å². The van der Waals surface area contributed by atoms with Gasteiger partial charge in [0.15, 0.2) is 5.65 Å². The van der Waals surface area contributed by atoms with E-state index in [2.05, 4.69) is 20.2 Å². The number of nitrogens with zero attached hydrogens (tertiary/aromatic N) is 5. The molecule has 1 aliphatic rings. The molecule has 0 radical (unpaired) electrons. The van der Waals surface area contributed by atoms with Crippen LogP contribution in [-0.4, -0.2) is 51.1 Å². The van der Waals surface area contributed by atoms with Crippen molar-refractivity contribution in [2.24, 2.45) is 0 Å². The van der Waals surface area contributed by atoms with Crippen LogP contribution in [0.25, 0.3) is 28.2 Å². The highest BCUT2D eigenvalue weighted by atomic mass is 16.5. The van der Waals surface area contributed by atoms with Crippen LogP contribution in [-0.2, 0) is 4.74 Å². The minimum Gasteiger partial charge on any atom is -0.403 e. The normalized spacial score (nSPS) is 16.7. The third-order valence-electron chi connectivity index (χ3n) is 6.06. The summed E-state index contributed by atoms with van der Waals surface area (Å²) in [5.74, 6) is 0.180. The van der Waals surface area contributed by atoms with E-state index in [1.54, 1.807) is 14.0 Å². The van der Waals surface area contributed by atoms with Gasteiger partial charge in [-0.2, -0.15) is 0 Å². The molecule has 0 aliphatic carbocycles. The Labute approximate surface area is 185 Å². The summed E-state index contributed by atoms with van der Waals surface area (Å²) in [6.07, 6.45) is 3.20. The molecule has 0 bridgehead atoms. The van der Waals surface area contributed by atoms with Gasteiger partial charge in [0, 0.05) is 24.9 Å². The van der Waals surface area contributed by atoms with Gasteiger partial charge < -0.3 is 14.1 Å². The predicted molar refractivity (Wildman–Crippen MR) is 121 cm³/mol. The van der Waals surface area contributed by atoms with Crippen molar-refractivity contribution in [2.45, 2.75) is 39.2 Å². The molecule has 1 saturated heterocycles. The Hall–Kier alpha value is -3.46. The summed E-state index contributed by atoms with van der Waals surface area (Å²) in [6, 6.07) is 10.5. The van der Waals surface area contributed by atoms with E-state index in [-0.39, 0.29) is 17.5 Å². The maximum Gasteiger partial charge on any atom is 0.318 e. The molecule has 166 valence electrons. The predicted octanol–water partition coefficient (Wildman–Crippen LogP) is 3.36. The molecule has 9 nitrogen and oxygen atoms in total. The van der Waals surface area contributed by atoms with Crippen LogP contribution in [0.4, 0.5) is 6.01 Å². The molecule has 0 saturated carbocycles. The topological polar surface area (TPSA) is 102 Å². The summed E-state index contributed by atoms with van der Waals surface area (Å²) in [4.78, 5) is 20.3. The third-order valence-corrected chi connectivity index (χ3v) is 6.06. The van der Waals surface area contributed by atoms with Crippen LogP contribution >= 0.6 is 0 Å². The molecule has 4 aromatic rings. The Balaban J connectivity index is 1.58. The van der Waals surface area contributed by atoms with Crippen molar-refractivity contribution < 1.29 is 9.15 Å². The van der Waals surface area contributed by atoms with E-state index in [1.807, 2.05) is 37.3 Å². The number of H-pyrrole nitrogens is 1. The number of aromatic amines is 1. The van der Waals surface area contributed by atoms with Gasteiger partial charge in [0.05, 0.1) is 18.3 Å². The molecule has 4 heterocycles. The van der Waals surface area contributed by atoms with Crippen LogP contribution in [0.5, 0.6) is 0 Å². The maximum absolute atomic E-state index is 13.4. The minimum atomic E-state index is -0.264. The lowest BCUT2D eigenvalue weighted by Crippen LogP contribution is -2.42. The molecule has 0 amide bonds. The number of ether oxygens (including phenoxy) is 1. The number of hydrogen-bond donors (Lipinski definition) is 1. The van der Waals surface area contributed by atoms with Crippen LogP contribution in [0.3, 0.4) is 0 Å². The monoisotopic (exact) mass is 434 g/mol. The Kier molecular flexibility index (Phi) is 5.26.